The lowest BCUT2D eigenvalue weighted by molar-refractivity contribution is -0.140. The Bertz CT molecular complexity index is 430. The Balaban J connectivity index is 1.58. The van der Waals surface area contributed by atoms with Gasteiger partial charge in [0.05, 0.1) is 5.41 Å². The number of aromatic nitrogens is 2. The maximum Gasteiger partial charge on any atom is 0.232 e. The molecular formula is C14H19N3O. The van der Waals surface area contributed by atoms with Crippen LogP contribution < -0.4 is 5.32 Å². The Morgan fingerprint density at radius 3 is 2.33 bits per heavy atom. The van der Waals surface area contributed by atoms with Crippen LogP contribution in [0.1, 0.15) is 38.5 Å². The summed E-state index contributed by atoms with van der Waals surface area (Å²) in [5.74, 6) is 3.21. The summed E-state index contributed by atoms with van der Waals surface area (Å²) in [4.78, 5) is 19.6. The van der Waals surface area contributed by atoms with Crippen molar-refractivity contribution in [1.29, 1.82) is 0 Å². The van der Waals surface area contributed by atoms with Gasteiger partial charge in [0.25, 0.3) is 0 Å². The van der Waals surface area contributed by atoms with Gasteiger partial charge < -0.3 is 4.98 Å². The van der Waals surface area contributed by atoms with Crippen molar-refractivity contribution >= 4 is 11.9 Å². The zero-order valence-corrected chi connectivity index (χ0v) is 10.5. The summed E-state index contributed by atoms with van der Waals surface area (Å²) >= 11 is 0. The van der Waals surface area contributed by atoms with E-state index in [1.807, 2.05) is 0 Å². The van der Waals surface area contributed by atoms with Crippen molar-refractivity contribution in [1.82, 2.24) is 9.97 Å². The summed E-state index contributed by atoms with van der Waals surface area (Å²) in [6.07, 6.45) is 10.8. The lowest BCUT2D eigenvalue weighted by Crippen LogP contribution is -2.51. The number of rotatable bonds is 2. The molecule has 4 nitrogen and oxygen atoms in total. The number of amides is 1. The number of carbonyl (C=O) groups excluding carboxylic acids is 1. The first-order chi connectivity index (χ1) is 8.73. The highest BCUT2D eigenvalue weighted by atomic mass is 16.2. The van der Waals surface area contributed by atoms with Crippen LogP contribution in [0.2, 0.25) is 0 Å². The van der Waals surface area contributed by atoms with Gasteiger partial charge in [0, 0.05) is 12.4 Å². The van der Waals surface area contributed by atoms with Crippen molar-refractivity contribution in [3.05, 3.63) is 12.4 Å². The molecule has 0 atom stereocenters. The highest BCUT2D eigenvalue weighted by Gasteiger charge is 2.54. The molecule has 4 heteroatoms. The smallest absolute Gasteiger partial charge is 0.232 e. The molecule has 0 unspecified atom stereocenters. The van der Waals surface area contributed by atoms with Crippen molar-refractivity contribution in [2.45, 2.75) is 38.5 Å². The molecule has 0 spiro atoms. The molecule has 0 radical (unpaired) electrons. The van der Waals surface area contributed by atoms with Gasteiger partial charge in [-0.15, -0.1) is 0 Å². The Kier molecular flexibility index (Phi) is 2.11. The van der Waals surface area contributed by atoms with Crippen molar-refractivity contribution in [2.24, 2.45) is 23.2 Å². The first kappa shape index (κ1) is 10.6. The summed E-state index contributed by atoms with van der Waals surface area (Å²) in [7, 11) is 0. The van der Waals surface area contributed by atoms with E-state index in [9.17, 15) is 4.79 Å². The van der Waals surface area contributed by atoms with Gasteiger partial charge in [-0.2, -0.15) is 0 Å². The number of aromatic amines is 1. The molecule has 4 saturated carbocycles. The van der Waals surface area contributed by atoms with Gasteiger partial charge in [0.1, 0.15) is 0 Å². The maximum absolute atomic E-state index is 12.6. The van der Waals surface area contributed by atoms with Crippen LogP contribution in [0.5, 0.6) is 0 Å². The van der Waals surface area contributed by atoms with E-state index in [0.29, 0.717) is 5.95 Å². The topological polar surface area (TPSA) is 57.8 Å². The summed E-state index contributed by atoms with van der Waals surface area (Å²) in [6.45, 7) is 0. The van der Waals surface area contributed by atoms with Crippen LogP contribution in [-0.2, 0) is 4.79 Å². The fourth-order valence-corrected chi connectivity index (χ4v) is 4.96. The predicted octanol–water partition coefficient (Wildman–Crippen LogP) is 2.56. The molecule has 1 amide bonds. The third-order valence-corrected chi connectivity index (χ3v) is 5.25. The van der Waals surface area contributed by atoms with E-state index in [1.54, 1.807) is 12.4 Å². The van der Waals surface area contributed by atoms with E-state index in [-0.39, 0.29) is 11.3 Å². The summed E-state index contributed by atoms with van der Waals surface area (Å²) in [6, 6.07) is 0. The molecule has 4 bridgehead atoms. The van der Waals surface area contributed by atoms with Gasteiger partial charge >= 0.3 is 0 Å². The molecule has 18 heavy (non-hydrogen) atoms. The van der Waals surface area contributed by atoms with Crippen LogP contribution in [0.4, 0.5) is 5.95 Å². The van der Waals surface area contributed by atoms with E-state index in [1.165, 1.54) is 19.3 Å². The molecule has 4 aliphatic carbocycles. The number of H-pyrrole nitrogens is 1. The second-order valence-corrected chi connectivity index (χ2v) is 6.59. The summed E-state index contributed by atoms with van der Waals surface area (Å²) in [5.41, 5.74) is -0.0818. The van der Waals surface area contributed by atoms with Crippen molar-refractivity contribution < 1.29 is 4.79 Å². The number of hydrogen-bond donors (Lipinski definition) is 2. The third-order valence-electron chi connectivity index (χ3n) is 5.25. The van der Waals surface area contributed by atoms with Gasteiger partial charge in [0.15, 0.2) is 0 Å². The minimum atomic E-state index is -0.0818. The first-order valence-corrected chi connectivity index (χ1v) is 7.04. The Morgan fingerprint density at radius 1 is 1.22 bits per heavy atom. The normalized spacial score (nSPS) is 41.0. The highest BCUT2D eigenvalue weighted by Crippen LogP contribution is 2.60. The Labute approximate surface area is 107 Å². The van der Waals surface area contributed by atoms with E-state index in [4.69, 9.17) is 0 Å². The second-order valence-electron chi connectivity index (χ2n) is 6.59. The Morgan fingerprint density at radius 2 is 1.83 bits per heavy atom. The van der Waals surface area contributed by atoms with Crippen LogP contribution in [-0.4, -0.2) is 15.9 Å². The Hall–Kier alpha value is -1.32. The quantitative estimate of drug-likeness (QED) is 0.841. The van der Waals surface area contributed by atoms with Crippen molar-refractivity contribution in [3.63, 3.8) is 0 Å². The number of nitrogens with zero attached hydrogens (tertiary/aromatic N) is 1. The maximum atomic E-state index is 12.6. The molecule has 4 fully saturated rings. The van der Waals surface area contributed by atoms with Gasteiger partial charge in [0.2, 0.25) is 11.9 Å². The van der Waals surface area contributed by atoms with Crippen molar-refractivity contribution in [3.8, 4) is 0 Å². The lowest BCUT2D eigenvalue weighted by Gasteiger charge is -2.55. The minimum absolute atomic E-state index is 0.0818. The number of carbonyl (C=O) groups is 1. The minimum Gasteiger partial charge on any atom is -0.331 e. The molecule has 1 aromatic rings. The predicted molar refractivity (Wildman–Crippen MR) is 67.8 cm³/mol. The zero-order chi connectivity index (χ0) is 12.2. The average molecular weight is 245 g/mol. The first-order valence-electron chi connectivity index (χ1n) is 7.04. The number of anilines is 1. The SMILES string of the molecule is O=C(Nc1ncc[nH]1)C12CC3CC(CC(C3)C1)C2. The molecule has 2 N–H and O–H groups in total. The third kappa shape index (κ3) is 1.51. The monoisotopic (exact) mass is 245 g/mol. The number of hydrogen-bond acceptors (Lipinski definition) is 2. The molecule has 0 saturated heterocycles. The molecular weight excluding hydrogens is 226 g/mol. The second kappa shape index (κ2) is 3.59. The largest absolute Gasteiger partial charge is 0.331 e. The average Bonchev–Trinajstić information content (AvgIpc) is 2.79. The molecule has 0 aliphatic heterocycles. The fourth-order valence-electron chi connectivity index (χ4n) is 4.96. The molecule has 0 aromatic carbocycles. The van der Waals surface area contributed by atoms with Gasteiger partial charge in [-0.1, -0.05) is 0 Å². The van der Waals surface area contributed by atoms with Crippen LogP contribution >= 0.6 is 0 Å². The van der Waals surface area contributed by atoms with Gasteiger partial charge in [-0.05, 0) is 56.3 Å². The van der Waals surface area contributed by atoms with E-state index in [0.717, 1.165) is 37.0 Å². The van der Waals surface area contributed by atoms with Crippen LogP contribution in [0.25, 0.3) is 0 Å². The highest BCUT2D eigenvalue weighted by molar-refractivity contribution is 5.94. The van der Waals surface area contributed by atoms with E-state index >= 15 is 0 Å². The fraction of sp³-hybridized carbons (Fsp3) is 0.714. The molecule has 5 rings (SSSR count). The number of imidazole rings is 1. The zero-order valence-electron chi connectivity index (χ0n) is 10.5. The summed E-state index contributed by atoms with van der Waals surface area (Å²) in [5, 5.41) is 2.97. The molecule has 1 heterocycles. The summed E-state index contributed by atoms with van der Waals surface area (Å²) < 4.78 is 0. The number of nitrogens with one attached hydrogen (secondary N) is 2. The molecule has 4 aliphatic rings. The van der Waals surface area contributed by atoms with Crippen LogP contribution in [0.15, 0.2) is 12.4 Å². The lowest BCUT2D eigenvalue weighted by atomic mass is 9.49. The standard InChI is InChI=1S/C14H19N3O/c18-12(17-13-15-1-2-16-13)14-6-9-3-10(7-14)5-11(4-9)8-14/h1-2,9-11H,3-8H2,(H2,15,16,17,18). The van der Waals surface area contributed by atoms with Gasteiger partial charge in [-0.25, -0.2) is 4.98 Å². The van der Waals surface area contributed by atoms with Crippen LogP contribution in [0, 0.1) is 23.2 Å². The van der Waals surface area contributed by atoms with E-state index in [2.05, 4.69) is 15.3 Å². The van der Waals surface area contributed by atoms with E-state index < -0.39 is 0 Å². The molecule has 96 valence electrons. The molecule has 1 aromatic heterocycles. The van der Waals surface area contributed by atoms with Crippen LogP contribution in [0.3, 0.4) is 0 Å². The van der Waals surface area contributed by atoms with Crippen molar-refractivity contribution in [2.75, 3.05) is 5.32 Å². The van der Waals surface area contributed by atoms with Gasteiger partial charge in [-0.3, -0.25) is 10.1 Å².